The van der Waals surface area contributed by atoms with Crippen LogP contribution in [0.15, 0.2) is 40.0 Å². The topological polar surface area (TPSA) is 129 Å². The maximum atomic E-state index is 11.0. The maximum Gasteiger partial charge on any atom is 0.344 e. The Bertz CT molecular complexity index is 890. The van der Waals surface area contributed by atoms with Gasteiger partial charge in [0.2, 0.25) is 11.1 Å². The van der Waals surface area contributed by atoms with E-state index in [9.17, 15) is 14.9 Å². The average molecular weight is 363 g/mol. The molecule has 3 rings (SSSR count). The highest BCUT2D eigenvalue weighted by Crippen LogP contribution is 2.33. The minimum Gasteiger partial charge on any atom is -0.326 e. The molecule has 2 aromatic heterocycles. The molecular formula is C12H9N7O3S2. The molecule has 0 aliphatic heterocycles. The molecule has 1 amide bonds. The van der Waals surface area contributed by atoms with E-state index in [4.69, 9.17) is 0 Å². The molecule has 1 N–H and O–H groups in total. The Morgan fingerprint density at radius 1 is 1.38 bits per heavy atom. The van der Waals surface area contributed by atoms with Gasteiger partial charge in [-0.15, -0.1) is 5.10 Å². The number of aromatic nitrogens is 5. The Kier molecular flexibility index (Phi) is 4.48. The van der Waals surface area contributed by atoms with Gasteiger partial charge in [-0.3, -0.25) is 14.9 Å². The van der Waals surface area contributed by atoms with Crippen molar-refractivity contribution in [1.29, 1.82) is 0 Å². The predicted octanol–water partition coefficient (Wildman–Crippen LogP) is 2.14. The smallest absolute Gasteiger partial charge is 0.326 e. The fourth-order valence-corrected chi connectivity index (χ4v) is 3.43. The second-order valence-corrected chi connectivity index (χ2v) is 6.65. The van der Waals surface area contributed by atoms with Crippen LogP contribution in [0.3, 0.4) is 0 Å². The van der Waals surface area contributed by atoms with Crippen molar-refractivity contribution in [3.05, 3.63) is 40.6 Å². The second kappa shape index (κ2) is 6.72. The Morgan fingerprint density at radius 2 is 2.12 bits per heavy atom. The van der Waals surface area contributed by atoms with Crippen LogP contribution < -0.4 is 5.32 Å². The number of nitro groups is 1. The van der Waals surface area contributed by atoms with E-state index >= 15 is 0 Å². The highest BCUT2D eigenvalue weighted by molar-refractivity contribution is 8.00. The van der Waals surface area contributed by atoms with Crippen molar-refractivity contribution in [3.8, 4) is 5.69 Å². The zero-order chi connectivity index (χ0) is 17.1. The highest BCUT2D eigenvalue weighted by atomic mass is 32.2. The molecule has 1 aromatic carbocycles. The van der Waals surface area contributed by atoms with E-state index in [0.29, 0.717) is 20.9 Å². The van der Waals surface area contributed by atoms with Gasteiger partial charge in [0.1, 0.15) is 6.20 Å². The number of nitrogens with zero attached hydrogens (tertiary/aromatic N) is 6. The summed E-state index contributed by atoms with van der Waals surface area (Å²) in [5.74, 6) is -0.160. The van der Waals surface area contributed by atoms with Crippen LogP contribution >= 0.6 is 23.1 Å². The van der Waals surface area contributed by atoms with Crippen LogP contribution in [0.1, 0.15) is 6.92 Å². The molecule has 0 unspecified atom stereocenters. The Hall–Kier alpha value is -2.86. The summed E-state index contributed by atoms with van der Waals surface area (Å²) >= 11 is 2.08. The Morgan fingerprint density at radius 3 is 2.75 bits per heavy atom. The minimum absolute atomic E-state index is 0.0452. The van der Waals surface area contributed by atoms with Crippen molar-refractivity contribution >= 4 is 39.7 Å². The number of carbonyl (C=O) groups excluding carboxylic acids is 1. The number of anilines is 1. The molecule has 24 heavy (non-hydrogen) atoms. The van der Waals surface area contributed by atoms with Crippen molar-refractivity contribution in [2.24, 2.45) is 0 Å². The summed E-state index contributed by atoms with van der Waals surface area (Å²) in [6.45, 7) is 1.43. The minimum atomic E-state index is -0.495. The van der Waals surface area contributed by atoms with Gasteiger partial charge in [0.05, 0.1) is 10.6 Å². The van der Waals surface area contributed by atoms with Crippen LogP contribution in [0.2, 0.25) is 0 Å². The summed E-state index contributed by atoms with van der Waals surface area (Å²) in [5, 5.41) is 25.2. The summed E-state index contributed by atoms with van der Waals surface area (Å²) < 4.78 is 1.95. The average Bonchev–Trinajstić information content (AvgIpc) is 3.17. The molecule has 0 fully saturated rings. The third-order valence-electron chi connectivity index (χ3n) is 2.70. The number of amides is 1. The van der Waals surface area contributed by atoms with E-state index in [1.54, 1.807) is 24.3 Å². The van der Waals surface area contributed by atoms with Crippen LogP contribution in [0.5, 0.6) is 0 Å². The number of benzene rings is 1. The van der Waals surface area contributed by atoms with Crippen LogP contribution in [0, 0.1) is 10.1 Å². The van der Waals surface area contributed by atoms with Crippen LogP contribution in [-0.2, 0) is 4.79 Å². The molecule has 2 heterocycles. The Labute approximate surface area is 143 Å². The monoisotopic (exact) mass is 363 g/mol. The lowest BCUT2D eigenvalue weighted by atomic mass is 10.3. The maximum absolute atomic E-state index is 11.0. The number of nitrogens with one attached hydrogen (secondary N) is 1. The van der Waals surface area contributed by atoms with Crippen LogP contribution in [0.25, 0.3) is 5.69 Å². The molecular weight excluding hydrogens is 354 g/mol. The van der Waals surface area contributed by atoms with Gasteiger partial charge in [0.25, 0.3) is 0 Å². The highest BCUT2D eigenvalue weighted by Gasteiger charge is 2.16. The standard InChI is InChI=1S/C12H9N7O3S2/c1-7(20)14-8-2-4-9(5-3-8)18-11(15-16-17-18)24-12-13-6-10(23-12)19(21)22/h2-6H,1H3,(H,14,20). The van der Waals surface area contributed by atoms with E-state index in [1.165, 1.54) is 17.8 Å². The van der Waals surface area contributed by atoms with Gasteiger partial charge in [0, 0.05) is 12.6 Å². The largest absolute Gasteiger partial charge is 0.344 e. The Balaban J connectivity index is 1.81. The molecule has 3 aromatic rings. The van der Waals surface area contributed by atoms with Crippen molar-refractivity contribution in [1.82, 2.24) is 25.2 Å². The van der Waals surface area contributed by atoms with Gasteiger partial charge in [-0.25, -0.2) is 4.98 Å². The SMILES string of the molecule is CC(=O)Nc1ccc(-n2nnnc2Sc2ncc([N+](=O)[O-])s2)cc1. The third-order valence-corrected chi connectivity index (χ3v) is 4.66. The molecule has 10 nitrogen and oxygen atoms in total. The van der Waals surface area contributed by atoms with E-state index in [1.807, 2.05) is 0 Å². The fraction of sp³-hybridized carbons (Fsp3) is 0.0833. The molecule has 0 saturated carbocycles. The van der Waals surface area contributed by atoms with Crippen molar-refractivity contribution in [2.45, 2.75) is 16.4 Å². The lowest BCUT2D eigenvalue weighted by Gasteiger charge is -2.05. The quantitative estimate of drug-likeness (QED) is 0.539. The zero-order valence-electron chi connectivity index (χ0n) is 12.1. The number of hydrogen-bond donors (Lipinski definition) is 1. The summed E-state index contributed by atoms with van der Waals surface area (Å²) in [4.78, 5) is 25.2. The molecule has 0 bridgehead atoms. The van der Waals surface area contributed by atoms with Crippen LogP contribution in [-0.4, -0.2) is 36.0 Å². The summed E-state index contributed by atoms with van der Waals surface area (Å²) in [6.07, 6.45) is 1.20. The molecule has 0 aliphatic rings. The molecule has 0 aliphatic carbocycles. The van der Waals surface area contributed by atoms with Gasteiger partial charge in [0.15, 0.2) is 4.34 Å². The fourth-order valence-electron chi connectivity index (χ4n) is 1.75. The lowest BCUT2D eigenvalue weighted by molar-refractivity contribution is -0.380. The summed E-state index contributed by atoms with van der Waals surface area (Å²) in [5.41, 5.74) is 1.34. The number of hydrogen-bond acceptors (Lipinski definition) is 9. The first kappa shape index (κ1) is 16.0. The molecule has 0 saturated heterocycles. The van der Waals surface area contributed by atoms with E-state index in [2.05, 4.69) is 25.8 Å². The predicted molar refractivity (Wildman–Crippen MR) is 86.3 cm³/mol. The first-order valence-corrected chi connectivity index (χ1v) is 8.11. The molecule has 0 spiro atoms. The van der Waals surface area contributed by atoms with Gasteiger partial charge >= 0.3 is 5.00 Å². The van der Waals surface area contributed by atoms with Crippen molar-refractivity contribution in [3.63, 3.8) is 0 Å². The van der Waals surface area contributed by atoms with Gasteiger partial charge in [-0.05, 0) is 57.8 Å². The molecule has 12 heteroatoms. The number of thiazole rings is 1. The first-order chi connectivity index (χ1) is 11.5. The lowest BCUT2D eigenvalue weighted by Crippen LogP contribution is -2.06. The molecule has 0 radical (unpaired) electrons. The normalized spacial score (nSPS) is 10.5. The number of carbonyl (C=O) groups is 1. The molecule has 122 valence electrons. The summed E-state index contributed by atoms with van der Waals surface area (Å²) in [7, 11) is 0. The van der Waals surface area contributed by atoms with E-state index in [-0.39, 0.29) is 10.9 Å². The van der Waals surface area contributed by atoms with Gasteiger partial charge in [-0.2, -0.15) is 4.68 Å². The second-order valence-electron chi connectivity index (χ2n) is 4.42. The van der Waals surface area contributed by atoms with Gasteiger partial charge in [-0.1, -0.05) is 0 Å². The number of rotatable bonds is 5. The van der Waals surface area contributed by atoms with E-state index in [0.717, 1.165) is 23.1 Å². The van der Waals surface area contributed by atoms with Gasteiger partial charge < -0.3 is 5.32 Å². The summed E-state index contributed by atoms with van der Waals surface area (Å²) in [6, 6.07) is 6.94. The van der Waals surface area contributed by atoms with Crippen LogP contribution in [0.4, 0.5) is 10.7 Å². The first-order valence-electron chi connectivity index (χ1n) is 6.47. The number of tetrazole rings is 1. The van der Waals surface area contributed by atoms with E-state index < -0.39 is 4.92 Å². The third kappa shape index (κ3) is 3.55. The van der Waals surface area contributed by atoms with Crippen molar-refractivity contribution in [2.75, 3.05) is 5.32 Å². The van der Waals surface area contributed by atoms with Crippen molar-refractivity contribution < 1.29 is 9.72 Å². The molecule has 0 atom stereocenters. The zero-order valence-corrected chi connectivity index (χ0v) is 13.7.